The fourth-order valence-electron chi connectivity index (χ4n) is 1.88. The smallest absolute Gasteiger partial charge is 0.184 e. The van der Waals surface area contributed by atoms with Gasteiger partial charge in [0.1, 0.15) is 0 Å². The molecule has 0 saturated heterocycles. The first-order valence-electron chi connectivity index (χ1n) is 6.63. The molecule has 0 heterocycles. The SMILES string of the molecule is CN(C)C=C/C=C1/CCC/C(=C/C=CN(C)C)C1=O. The summed E-state index contributed by atoms with van der Waals surface area (Å²) in [5.74, 6) is 0.193. The summed E-state index contributed by atoms with van der Waals surface area (Å²) < 4.78 is 0. The molecule has 3 heteroatoms. The number of hydrogen-bond donors (Lipinski definition) is 0. The van der Waals surface area contributed by atoms with Gasteiger partial charge in [-0.15, -0.1) is 0 Å². The highest BCUT2D eigenvalue weighted by Crippen LogP contribution is 2.24. The van der Waals surface area contributed by atoms with Crippen LogP contribution in [-0.4, -0.2) is 43.8 Å². The van der Waals surface area contributed by atoms with Gasteiger partial charge in [0.25, 0.3) is 0 Å². The predicted molar refractivity (Wildman–Crippen MR) is 80.7 cm³/mol. The van der Waals surface area contributed by atoms with E-state index >= 15 is 0 Å². The molecular formula is C16H24N2O. The van der Waals surface area contributed by atoms with Crippen molar-refractivity contribution in [2.45, 2.75) is 19.3 Å². The van der Waals surface area contributed by atoms with Crippen molar-refractivity contribution in [2.75, 3.05) is 28.2 Å². The summed E-state index contributed by atoms with van der Waals surface area (Å²) in [6.45, 7) is 0. The molecule has 104 valence electrons. The van der Waals surface area contributed by atoms with Gasteiger partial charge in [-0.3, -0.25) is 4.79 Å². The van der Waals surface area contributed by atoms with Gasteiger partial charge in [0.2, 0.25) is 0 Å². The van der Waals surface area contributed by atoms with Crippen molar-refractivity contribution in [1.29, 1.82) is 0 Å². The molecule has 0 spiro atoms. The number of carbonyl (C=O) groups is 1. The first-order valence-corrected chi connectivity index (χ1v) is 6.63. The highest BCUT2D eigenvalue weighted by atomic mass is 16.1. The molecule has 0 amide bonds. The van der Waals surface area contributed by atoms with Crippen molar-refractivity contribution < 1.29 is 4.79 Å². The summed E-state index contributed by atoms with van der Waals surface area (Å²) in [6.07, 6.45) is 14.5. The average molecular weight is 260 g/mol. The highest BCUT2D eigenvalue weighted by molar-refractivity contribution is 6.09. The van der Waals surface area contributed by atoms with Gasteiger partial charge in [-0.2, -0.15) is 0 Å². The minimum Gasteiger partial charge on any atom is -0.383 e. The van der Waals surface area contributed by atoms with Gasteiger partial charge < -0.3 is 9.80 Å². The molecule has 1 saturated carbocycles. The molecule has 0 radical (unpaired) electrons. The van der Waals surface area contributed by atoms with E-state index in [9.17, 15) is 4.79 Å². The molecule has 3 nitrogen and oxygen atoms in total. The summed E-state index contributed by atoms with van der Waals surface area (Å²) in [7, 11) is 7.87. The molecule has 0 N–H and O–H groups in total. The Hall–Kier alpha value is -1.77. The molecule has 1 aliphatic rings. The Balaban J connectivity index is 2.76. The van der Waals surface area contributed by atoms with Crippen LogP contribution in [0.2, 0.25) is 0 Å². The maximum Gasteiger partial charge on any atom is 0.184 e. The van der Waals surface area contributed by atoms with E-state index in [1.54, 1.807) is 0 Å². The quantitative estimate of drug-likeness (QED) is 0.726. The second-order valence-corrected chi connectivity index (χ2v) is 5.18. The zero-order valence-electron chi connectivity index (χ0n) is 12.4. The lowest BCUT2D eigenvalue weighted by Gasteiger charge is -2.15. The van der Waals surface area contributed by atoms with Crippen molar-refractivity contribution in [3.63, 3.8) is 0 Å². The van der Waals surface area contributed by atoms with E-state index in [-0.39, 0.29) is 5.78 Å². The number of nitrogens with zero attached hydrogens (tertiary/aromatic N) is 2. The van der Waals surface area contributed by atoms with Gasteiger partial charge in [0.15, 0.2) is 5.78 Å². The lowest BCUT2D eigenvalue weighted by atomic mass is 9.88. The third kappa shape index (κ3) is 5.60. The van der Waals surface area contributed by atoms with Crippen LogP contribution >= 0.6 is 0 Å². The lowest BCUT2D eigenvalue weighted by Crippen LogP contribution is -2.12. The van der Waals surface area contributed by atoms with Crippen LogP contribution in [0.5, 0.6) is 0 Å². The molecule has 0 aromatic rings. The first-order chi connectivity index (χ1) is 9.00. The van der Waals surface area contributed by atoms with Gasteiger partial charge in [-0.25, -0.2) is 0 Å². The number of Topliss-reactive ketones (excluding diaryl/α,β-unsaturated/α-hetero) is 1. The fraction of sp³-hybridized carbons (Fsp3) is 0.438. The second-order valence-electron chi connectivity index (χ2n) is 5.18. The zero-order chi connectivity index (χ0) is 14.3. The monoisotopic (exact) mass is 260 g/mol. The van der Waals surface area contributed by atoms with E-state index < -0.39 is 0 Å². The van der Waals surface area contributed by atoms with E-state index in [0.717, 1.165) is 30.4 Å². The molecule has 0 aromatic carbocycles. The van der Waals surface area contributed by atoms with Crippen LogP contribution in [-0.2, 0) is 4.79 Å². The average Bonchev–Trinajstić information content (AvgIpc) is 2.32. The van der Waals surface area contributed by atoms with E-state index in [1.165, 1.54) is 0 Å². The van der Waals surface area contributed by atoms with Gasteiger partial charge in [-0.1, -0.05) is 12.2 Å². The predicted octanol–water partition coefficient (Wildman–Crippen LogP) is 2.74. The van der Waals surface area contributed by atoms with Crippen molar-refractivity contribution in [2.24, 2.45) is 0 Å². The maximum absolute atomic E-state index is 12.2. The molecule has 0 atom stereocenters. The molecule has 1 rings (SSSR count). The Morgan fingerprint density at radius 3 is 1.63 bits per heavy atom. The Kier molecular flexibility index (Phi) is 6.13. The normalized spacial score (nSPS) is 20.9. The van der Waals surface area contributed by atoms with Crippen molar-refractivity contribution in [1.82, 2.24) is 9.80 Å². The molecule has 0 aromatic heterocycles. The van der Waals surface area contributed by atoms with Gasteiger partial charge >= 0.3 is 0 Å². The third-order valence-electron chi connectivity index (χ3n) is 2.84. The van der Waals surface area contributed by atoms with E-state index in [2.05, 4.69) is 0 Å². The van der Waals surface area contributed by atoms with Gasteiger partial charge in [-0.05, 0) is 55.0 Å². The van der Waals surface area contributed by atoms with E-state index in [4.69, 9.17) is 0 Å². The number of ketones is 1. The number of allylic oxidation sites excluding steroid dienone is 6. The minimum absolute atomic E-state index is 0.193. The molecule has 0 aliphatic heterocycles. The molecule has 1 fully saturated rings. The Bertz CT molecular complexity index is 388. The topological polar surface area (TPSA) is 23.6 Å². The molecule has 19 heavy (non-hydrogen) atoms. The highest BCUT2D eigenvalue weighted by Gasteiger charge is 2.18. The summed E-state index contributed by atoms with van der Waals surface area (Å²) >= 11 is 0. The summed E-state index contributed by atoms with van der Waals surface area (Å²) in [5, 5.41) is 0. The lowest BCUT2D eigenvalue weighted by molar-refractivity contribution is -0.113. The van der Waals surface area contributed by atoms with Crippen molar-refractivity contribution in [3.05, 3.63) is 47.9 Å². The largest absolute Gasteiger partial charge is 0.383 e. The molecule has 0 bridgehead atoms. The maximum atomic E-state index is 12.2. The van der Waals surface area contributed by atoms with Crippen LogP contribution in [0.25, 0.3) is 0 Å². The fourth-order valence-corrected chi connectivity index (χ4v) is 1.88. The Morgan fingerprint density at radius 2 is 1.26 bits per heavy atom. The van der Waals surface area contributed by atoms with Crippen LogP contribution in [0.15, 0.2) is 47.9 Å². The standard InChI is InChI=1S/C16H24N2O/c1-17(2)12-6-10-14-8-5-9-15(16(14)19)11-7-13-18(3)4/h6-7,10-13H,5,8-9H2,1-4H3/b12-6?,13-7?,14-10-,15-11-. The third-order valence-corrected chi connectivity index (χ3v) is 2.84. The number of carbonyl (C=O) groups excluding carboxylic acids is 1. The van der Waals surface area contributed by atoms with Gasteiger partial charge in [0.05, 0.1) is 0 Å². The summed E-state index contributed by atoms with van der Waals surface area (Å²) in [5.41, 5.74) is 1.82. The van der Waals surface area contributed by atoms with Crippen LogP contribution in [0.1, 0.15) is 19.3 Å². The summed E-state index contributed by atoms with van der Waals surface area (Å²) in [6, 6.07) is 0. The van der Waals surface area contributed by atoms with Crippen LogP contribution in [0, 0.1) is 0 Å². The van der Waals surface area contributed by atoms with Crippen molar-refractivity contribution >= 4 is 5.78 Å². The molecule has 1 aliphatic carbocycles. The Morgan fingerprint density at radius 1 is 0.842 bits per heavy atom. The number of rotatable bonds is 4. The van der Waals surface area contributed by atoms with E-state index in [0.29, 0.717) is 0 Å². The van der Waals surface area contributed by atoms with E-state index in [1.807, 2.05) is 74.7 Å². The number of hydrogen-bond acceptors (Lipinski definition) is 3. The van der Waals surface area contributed by atoms with Crippen LogP contribution < -0.4 is 0 Å². The minimum atomic E-state index is 0.193. The van der Waals surface area contributed by atoms with Gasteiger partial charge in [0, 0.05) is 28.2 Å². The van der Waals surface area contributed by atoms with Crippen LogP contribution in [0.4, 0.5) is 0 Å². The molecule has 0 unspecified atom stereocenters. The molecular weight excluding hydrogens is 236 g/mol. The zero-order valence-corrected chi connectivity index (χ0v) is 12.4. The summed E-state index contributed by atoms with van der Waals surface area (Å²) in [4.78, 5) is 16.2. The first kappa shape index (κ1) is 15.3. The second kappa shape index (κ2) is 7.62. The Labute approximate surface area is 116 Å². The van der Waals surface area contributed by atoms with Crippen LogP contribution in [0.3, 0.4) is 0 Å². The van der Waals surface area contributed by atoms with Crippen molar-refractivity contribution in [3.8, 4) is 0 Å².